The number of nitrogens with one attached hydrogen (secondary N) is 1. The van der Waals surface area contributed by atoms with E-state index in [2.05, 4.69) is 22.4 Å². The molecular formula is C18H22ClN3O2. The fourth-order valence-corrected chi connectivity index (χ4v) is 4.07. The van der Waals surface area contributed by atoms with Crippen LogP contribution in [-0.2, 0) is 0 Å². The summed E-state index contributed by atoms with van der Waals surface area (Å²) in [7, 11) is 0. The van der Waals surface area contributed by atoms with Crippen molar-refractivity contribution >= 4 is 18.3 Å². The van der Waals surface area contributed by atoms with Crippen LogP contribution in [0.3, 0.4) is 0 Å². The summed E-state index contributed by atoms with van der Waals surface area (Å²) in [6.07, 6.45) is 0. The fraction of sp³-hybridized carbons (Fsp3) is 0.444. The summed E-state index contributed by atoms with van der Waals surface area (Å²) in [5, 5.41) is 3.47. The summed E-state index contributed by atoms with van der Waals surface area (Å²) in [6.45, 7) is 6.32. The van der Waals surface area contributed by atoms with E-state index < -0.39 is 0 Å². The highest BCUT2D eigenvalue weighted by Crippen LogP contribution is 2.43. The molecule has 1 N–H and O–H groups in total. The van der Waals surface area contributed by atoms with E-state index in [-0.39, 0.29) is 24.4 Å². The molecule has 1 aromatic heterocycles. The van der Waals surface area contributed by atoms with Gasteiger partial charge < -0.3 is 14.6 Å². The first kappa shape index (κ1) is 17.0. The molecule has 0 aliphatic carbocycles. The fourth-order valence-electron chi connectivity index (χ4n) is 4.07. The number of carbonyl (C=O) groups is 1. The standard InChI is InChI=1S/C18H21N3O2.ClH/c1-11-17(23-12(2)20-11)18(22)21-10-14-8-19-9-15(14)16(21)13-6-4-3-5-7-13;/h3-7,14-16,19H,8-10H2,1-2H3;1H/t14-,15-,16+;/m0./s1. The van der Waals surface area contributed by atoms with Crippen LogP contribution in [-0.4, -0.2) is 35.4 Å². The third-order valence-corrected chi connectivity index (χ3v) is 5.06. The molecular weight excluding hydrogens is 326 g/mol. The highest BCUT2D eigenvalue weighted by Gasteiger charge is 2.47. The summed E-state index contributed by atoms with van der Waals surface area (Å²) in [6, 6.07) is 10.4. The third-order valence-electron chi connectivity index (χ3n) is 5.06. The third kappa shape index (κ3) is 2.72. The Morgan fingerprint density at radius 3 is 2.67 bits per heavy atom. The Kier molecular flexibility index (Phi) is 4.65. The number of nitrogens with zero attached hydrogens (tertiary/aromatic N) is 2. The van der Waals surface area contributed by atoms with E-state index in [0.717, 1.165) is 19.6 Å². The second-order valence-electron chi connectivity index (χ2n) is 6.54. The molecule has 2 aliphatic heterocycles. The first-order valence-corrected chi connectivity index (χ1v) is 8.16. The van der Waals surface area contributed by atoms with Gasteiger partial charge in [0, 0.05) is 32.5 Å². The van der Waals surface area contributed by atoms with E-state index in [0.29, 0.717) is 29.2 Å². The van der Waals surface area contributed by atoms with Gasteiger partial charge in [-0.15, -0.1) is 12.4 Å². The summed E-state index contributed by atoms with van der Waals surface area (Å²) in [5.74, 6) is 1.87. The number of likely N-dealkylation sites (tertiary alicyclic amines) is 1. The quantitative estimate of drug-likeness (QED) is 0.907. The molecule has 0 saturated carbocycles. The van der Waals surface area contributed by atoms with Crippen molar-refractivity contribution in [3.05, 3.63) is 53.2 Å². The molecule has 2 fully saturated rings. The zero-order chi connectivity index (χ0) is 16.0. The Morgan fingerprint density at radius 1 is 1.25 bits per heavy atom. The molecule has 1 amide bonds. The molecule has 2 saturated heterocycles. The van der Waals surface area contributed by atoms with Crippen LogP contribution < -0.4 is 5.32 Å². The Bertz CT molecular complexity index is 731. The minimum atomic E-state index is -0.0358. The second kappa shape index (κ2) is 6.57. The lowest BCUT2D eigenvalue weighted by Gasteiger charge is -2.27. The van der Waals surface area contributed by atoms with Crippen molar-refractivity contribution in [3.8, 4) is 0 Å². The van der Waals surface area contributed by atoms with Crippen molar-refractivity contribution in [1.82, 2.24) is 15.2 Å². The number of benzene rings is 1. The van der Waals surface area contributed by atoms with Gasteiger partial charge in [-0.1, -0.05) is 30.3 Å². The summed E-state index contributed by atoms with van der Waals surface area (Å²) in [4.78, 5) is 19.3. The molecule has 24 heavy (non-hydrogen) atoms. The highest BCUT2D eigenvalue weighted by molar-refractivity contribution is 5.93. The van der Waals surface area contributed by atoms with Gasteiger partial charge in [0.2, 0.25) is 5.76 Å². The molecule has 2 aromatic rings. The molecule has 6 heteroatoms. The maximum Gasteiger partial charge on any atom is 0.292 e. The van der Waals surface area contributed by atoms with Gasteiger partial charge in [0.1, 0.15) is 0 Å². The summed E-state index contributed by atoms with van der Waals surface area (Å²) < 4.78 is 5.58. The van der Waals surface area contributed by atoms with E-state index in [1.807, 2.05) is 30.0 Å². The van der Waals surface area contributed by atoms with Gasteiger partial charge in [-0.25, -0.2) is 4.98 Å². The number of amides is 1. The van der Waals surface area contributed by atoms with Crippen molar-refractivity contribution in [2.24, 2.45) is 11.8 Å². The number of hydrogen-bond donors (Lipinski definition) is 1. The molecule has 3 heterocycles. The molecule has 3 atom stereocenters. The summed E-state index contributed by atoms with van der Waals surface area (Å²) >= 11 is 0. The predicted octanol–water partition coefficient (Wildman–Crippen LogP) is 2.75. The first-order valence-electron chi connectivity index (χ1n) is 8.16. The van der Waals surface area contributed by atoms with E-state index >= 15 is 0 Å². The Balaban J connectivity index is 0.00000169. The van der Waals surface area contributed by atoms with Crippen LogP contribution in [0.2, 0.25) is 0 Å². The van der Waals surface area contributed by atoms with Crippen LogP contribution in [0.4, 0.5) is 0 Å². The van der Waals surface area contributed by atoms with Crippen molar-refractivity contribution in [2.75, 3.05) is 19.6 Å². The average Bonchev–Trinajstić information content (AvgIpc) is 3.21. The lowest BCUT2D eigenvalue weighted by atomic mass is 9.89. The van der Waals surface area contributed by atoms with Crippen molar-refractivity contribution in [1.29, 1.82) is 0 Å². The number of halogens is 1. The monoisotopic (exact) mass is 347 g/mol. The van der Waals surface area contributed by atoms with Crippen LogP contribution in [0.5, 0.6) is 0 Å². The van der Waals surface area contributed by atoms with E-state index in [4.69, 9.17) is 4.42 Å². The molecule has 0 radical (unpaired) electrons. The van der Waals surface area contributed by atoms with Gasteiger partial charge in [0.25, 0.3) is 5.91 Å². The zero-order valence-electron chi connectivity index (χ0n) is 13.9. The maximum atomic E-state index is 13.1. The topological polar surface area (TPSA) is 58.4 Å². The van der Waals surface area contributed by atoms with Gasteiger partial charge in [0.15, 0.2) is 5.89 Å². The van der Waals surface area contributed by atoms with E-state index in [9.17, 15) is 4.79 Å². The van der Waals surface area contributed by atoms with E-state index in [1.54, 1.807) is 6.92 Å². The van der Waals surface area contributed by atoms with Gasteiger partial charge in [-0.3, -0.25) is 4.79 Å². The zero-order valence-corrected chi connectivity index (χ0v) is 14.7. The van der Waals surface area contributed by atoms with Crippen molar-refractivity contribution < 1.29 is 9.21 Å². The molecule has 1 aromatic carbocycles. The van der Waals surface area contributed by atoms with Crippen molar-refractivity contribution in [2.45, 2.75) is 19.9 Å². The van der Waals surface area contributed by atoms with Gasteiger partial charge >= 0.3 is 0 Å². The second-order valence-corrected chi connectivity index (χ2v) is 6.54. The van der Waals surface area contributed by atoms with Crippen LogP contribution >= 0.6 is 12.4 Å². The number of oxazole rings is 1. The van der Waals surface area contributed by atoms with Gasteiger partial charge in [0.05, 0.1) is 11.7 Å². The number of hydrogen-bond acceptors (Lipinski definition) is 4. The van der Waals surface area contributed by atoms with Crippen LogP contribution in [0.15, 0.2) is 34.7 Å². The van der Waals surface area contributed by atoms with Crippen LogP contribution in [0.25, 0.3) is 0 Å². The molecule has 4 rings (SSSR count). The Hall–Kier alpha value is -1.85. The van der Waals surface area contributed by atoms with Gasteiger partial charge in [-0.05, 0) is 18.4 Å². The average molecular weight is 348 g/mol. The Labute approximate surface area is 147 Å². The molecule has 5 nitrogen and oxygen atoms in total. The number of fused-ring (bicyclic) bond motifs is 1. The largest absolute Gasteiger partial charge is 0.436 e. The Morgan fingerprint density at radius 2 is 2.00 bits per heavy atom. The minimum Gasteiger partial charge on any atom is -0.436 e. The lowest BCUT2D eigenvalue weighted by molar-refractivity contribution is 0.0679. The maximum absolute atomic E-state index is 13.1. The minimum absolute atomic E-state index is 0. The molecule has 0 spiro atoms. The predicted molar refractivity (Wildman–Crippen MR) is 93.3 cm³/mol. The van der Waals surface area contributed by atoms with Crippen molar-refractivity contribution in [3.63, 3.8) is 0 Å². The SMILES string of the molecule is Cc1nc(C)c(C(=O)N2C[C@@H]3CNC[C@@H]3[C@H]2c2ccccc2)o1.Cl. The number of aryl methyl sites for hydroxylation is 2. The first-order chi connectivity index (χ1) is 11.1. The lowest BCUT2D eigenvalue weighted by Crippen LogP contribution is -2.34. The normalized spacial score (nSPS) is 25.4. The van der Waals surface area contributed by atoms with Gasteiger partial charge in [-0.2, -0.15) is 0 Å². The molecule has 128 valence electrons. The van der Waals surface area contributed by atoms with Crippen LogP contribution in [0, 0.1) is 25.7 Å². The summed E-state index contributed by atoms with van der Waals surface area (Å²) in [5.41, 5.74) is 1.88. The smallest absolute Gasteiger partial charge is 0.292 e. The number of aromatic nitrogens is 1. The van der Waals surface area contributed by atoms with E-state index in [1.165, 1.54) is 5.56 Å². The molecule has 0 bridgehead atoms. The van der Waals surface area contributed by atoms with Crippen LogP contribution in [0.1, 0.15) is 33.7 Å². The molecule has 2 aliphatic rings. The number of carbonyl (C=O) groups excluding carboxylic acids is 1. The molecule has 0 unspecified atom stereocenters. The highest BCUT2D eigenvalue weighted by atomic mass is 35.5. The number of rotatable bonds is 2.